The molecular weight excluding hydrogens is 584 g/mol. The number of fused-ring (bicyclic) bond motifs is 8. The van der Waals surface area contributed by atoms with Crippen molar-refractivity contribution in [2.45, 2.75) is 30.0 Å². The quantitative estimate of drug-likeness (QED) is 0.147. The van der Waals surface area contributed by atoms with Crippen molar-refractivity contribution in [3.05, 3.63) is 76.3 Å². The lowest BCUT2D eigenvalue weighted by atomic mass is 9.74. The van der Waals surface area contributed by atoms with Gasteiger partial charge >= 0.3 is 5.79 Å². The molecule has 0 amide bonds. The Kier molecular flexibility index (Phi) is 5.48. The molecule has 0 aromatic heterocycles. The molecule has 0 radical (unpaired) electrons. The number of ketones is 1. The van der Waals surface area contributed by atoms with Crippen molar-refractivity contribution < 1.29 is 70.1 Å². The number of ether oxygens (including phenoxy) is 3. The zero-order valence-corrected chi connectivity index (χ0v) is 22.0. The molecule has 3 aliphatic heterocycles. The van der Waals surface area contributed by atoms with Crippen LogP contribution in [0.4, 0.5) is 0 Å². The molecule has 0 fully saturated rings. The minimum absolute atomic E-state index is 0.116. The first-order valence-corrected chi connectivity index (χ1v) is 13.0. The van der Waals surface area contributed by atoms with Gasteiger partial charge in [0.25, 0.3) is 0 Å². The number of phenols is 8. The molecule has 5 atom stereocenters. The molecule has 4 aromatic carbocycles. The number of rotatable bonds is 2. The summed E-state index contributed by atoms with van der Waals surface area (Å²) in [6.07, 6.45) is -5.48. The van der Waals surface area contributed by atoms with Crippen LogP contribution < -0.4 is 14.2 Å². The van der Waals surface area contributed by atoms with Crippen molar-refractivity contribution in [3.63, 3.8) is 0 Å². The molecule has 4 aromatic rings. The van der Waals surface area contributed by atoms with Gasteiger partial charge in [0.1, 0.15) is 46.2 Å². The predicted octanol–water partition coefficient (Wildman–Crippen LogP) is 2.14. The molecule has 3 aliphatic rings. The summed E-state index contributed by atoms with van der Waals surface area (Å²) < 4.78 is 18.2. The Hall–Kier alpha value is -5.73. The number of Topliss-reactive ketones (excluding diaryl/α,β-unsaturated/α-hetero) is 1. The van der Waals surface area contributed by atoms with Gasteiger partial charge in [-0.05, 0) is 18.2 Å². The topological polar surface area (TPSA) is 247 Å². The maximum Gasteiger partial charge on any atom is 0.305 e. The molecule has 3 heterocycles. The van der Waals surface area contributed by atoms with Crippen LogP contribution in [0.2, 0.25) is 0 Å². The van der Waals surface area contributed by atoms with Crippen LogP contribution in [-0.4, -0.2) is 69.1 Å². The molecule has 5 unspecified atom stereocenters. The zero-order valence-electron chi connectivity index (χ0n) is 22.0. The van der Waals surface area contributed by atoms with Crippen LogP contribution in [0.5, 0.6) is 63.2 Å². The second-order valence-corrected chi connectivity index (χ2v) is 10.6. The molecular formula is C30H22O14. The maximum absolute atomic E-state index is 13.5. The average molecular weight is 606 g/mol. The molecule has 14 heteroatoms. The van der Waals surface area contributed by atoms with Crippen LogP contribution in [0, 0.1) is 0 Å². The Morgan fingerprint density at radius 2 is 1.34 bits per heavy atom. The monoisotopic (exact) mass is 606 g/mol. The highest BCUT2D eigenvalue weighted by Crippen LogP contribution is 2.62. The van der Waals surface area contributed by atoms with Gasteiger partial charge in [-0.2, -0.15) is 0 Å². The molecule has 14 nitrogen and oxygen atoms in total. The van der Waals surface area contributed by atoms with Gasteiger partial charge in [0.15, 0.2) is 41.0 Å². The number of phenolic OH excluding ortho intramolecular Hbond substituents is 8. The number of hydrogen-bond donors (Lipinski definition) is 10. The largest absolute Gasteiger partial charge is 0.508 e. The van der Waals surface area contributed by atoms with Crippen LogP contribution in [0.3, 0.4) is 0 Å². The summed E-state index contributed by atoms with van der Waals surface area (Å²) in [7, 11) is 0. The van der Waals surface area contributed by atoms with Crippen LogP contribution >= 0.6 is 0 Å². The molecule has 44 heavy (non-hydrogen) atoms. The third-order valence-corrected chi connectivity index (χ3v) is 8.09. The molecule has 226 valence electrons. The summed E-state index contributed by atoms with van der Waals surface area (Å²) in [5.74, 6) is -11.3. The van der Waals surface area contributed by atoms with Crippen molar-refractivity contribution in [1.82, 2.24) is 0 Å². The molecule has 10 N–H and O–H groups in total. The summed E-state index contributed by atoms with van der Waals surface area (Å²) in [4.78, 5) is 13.5. The van der Waals surface area contributed by atoms with Gasteiger partial charge in [0, 0.05) is 40.5 Å². The van der Waals surface area contributed by atoms with Gasteiger partial charge in [-0.3, -0.25) is 4.79 Å². The van der Waals surface area contributed by atoms with Crippen LogP contribution in [0.25, 0.3) is 0 Å². The van der Waals surface area contributed by atoms with Gasteiger partial charge < -0.3 is 65.3 Å². The third kappa shape index (κ3) is 3.46. The molecule has 2 bridgehead atoms. The Morgan fingerprint density at radius 3 is 2.02 bits per heavy atom. The number of hydrogen-bond acceptors (Lipinski definition) is 14. The van der Waals surface area contributed by atoms with E-state index in [4.69, 9.17) is 14.2 Å². The van der Waals surface area contributed by atoms with Gasteiger partial charge in [0.2, 0.25) is 5.78 Å². The zero-order chi connectivity index (χ0) is 31.4. The third-order valence-electron chi connectivity index (χ3n) is 8.09. The number of para-hydroxylation sites is 1. The fourth-order valence-corrected chi connectivity index (χ4v) is 6.10. The SMILES string of the molecule is O=C1c2c(O)cc3c(c2OC(c2cccc(O)c2O)C1O)C1c2c(O)cc(O)cc2OC(c2cc(O)c(O)c(O)c2)(O3)C1O. The smallest absolute Gasteiger partial charge is 0.305 e. The summed E-state index contributed by atoms with van der Waals surface area (Å²) >= 11 is 0. The summed E-state index contributed by atoms with van der Waals surface area (Å²) in [6.45, 7) is 0. The second-order valence-electron chi connectivity index (χ2n) is 10.6. The molecule has 0 saturated heterocycles. The number of carbonyl (C=O) groups is 1. The minimum atomic E-state index is -2.37. The number of aliphatic hydroxyl groups excluding tert-OH is 2. The molecule has 0 spiro atoms. The fourth-order valence-electron chi connectivity index (χ4n) is 6.10. The lowest BCUT2D eigenvalue weighted by molar-refractivity contribution is -0.219. The molecule has 7 rings (SSSR count). The van der Waals surface area contributed by atoms with E-state index in [0.29, 0.717) is 0 Å². The van der Waals surface area contributed by atoms with E-state index < -0.39 is 93.1 Å². The number of benzene rings is 4. The highest BCUT2D eigenvalue weighted by molar-refractivity contribution is 6.06. The van der Waals surface area contributed by atoms with Crippen LogP contribution in [0.15, 0.2) is 48.5 Å². The Morgan fingerprint density at radius 1 is 0.682 bits per heavy atom. The first-order valence-electron chi connectivity index (χ1n) is 13.0. The summed E-state index contributed by atoms with van der Waals surface area (Å²) in [5.41, 5.74) is -1.18. The van der Waals surface area contributed by atoms with Gasteiger partial charge in [-0.1, -0.05) is 12.1 Å². The van der Waals surface area contributed by atoms with E-state index >= 15 is 0 Å². The minimum Gasteiger partial charge on any atom is -0.508 e. The lowest BCUT2D eigenvalue weighted by Gasteiger charge is -2.50. The van der Waals surface area contributed by atoms with Crippen molar-refractivity contribution in [2.24, 2.45) is 0 Å². The fraction of sp³-hybridized carbons (Fsp3) is 0.167. The normalized spacial score (nSPS) is 24.6. The maximum atomic E-state index is 13.5. The Labute approximate surface area is 245 Å². The van der Waals surface area contributed by atoms with E-state index in [1.54, 1.807) is 0 Å². The highest BCUT2D eigenvalue weighted by atomic mass is 16.7. The first-order chi connectivity index (χ1) is 20.8. The predicted molar refractivity (Wildman–Crippen MR) is 144 cm³/mol. The van der Waals surface area contributed by atoms with E-state index in [9.17, 15) is 55.9 Å². The van der Waals surface area contributed by atoms with Gasteiger partial charge in [-0.15, -0.1) is 0 Å². The van der Waals surface area contributed by atoms with E-state index in [-0.39, 0.29) is 33.8 Å². The van der Waals surface area contributed by atoms with Crippen LogP contribution in [0.1, 0.15) is 44.6 Å². The van der Waals surface area contributed by atoms with E-state index in [1.165, 1.54) is 12.1 Å². The van der Waals surface area contributed by atoms with Crippen molar-refractivity contribution in [1.29, 1.82) is 0 Å². The Bertz CT molecular complexity index is 1900. The second kappa shape index (κ2) is 8.89. The van der Waals surface area contributed by atoms with Crippen molar-refractivity contribution >= 4 is 5.78 Å². The lowest BCUT2D eigenvalue weighted by Crippen LogP contribution is -2.57. The van der Waals surface area contributed by atoms with E-state index in [0.717, 1.165) is 36.4 Å². The van der Waals surface area contributed by atoms with E-state index in [2.05, 4.69) is 0 Å². The summed E-state index contributed by atoms with van der Waals surface area (Å²) in [5, 5.41) is 106. The first kappa shape index (κ1) is 27.1. The van der Waals surface area contributed by atoms with Crippen molar-refractivity contribution in [3.8, 4) is 63.2 Å². The molecule has 0 saturated carbocycles. The number of carbonyl (C=O) groups excluding carboxylic acids is 1. The van der Waals surface area contributed by atoms with Gasteiger partial charge in [-0.25, -0.2) is 0 Å². The average Bonchev–Trinajstić information content (AvgIpc) is 2.95. The number of aromatic hydroxyl groups is 8. The molecule has 0 aliphatic carbocycles. The van der Waals surface area contributed by atoms with Gasteiger partial charge in [0.05, 0.1) is 5.92 Å². The highest BCUT2D eigenvalue weighted by Gasteiger charge is 2.60. The van der Waals surface area contributed by atoms with E-state index in [1.807, 2.05) is 0 Å². The van der Waals surface area contributed by atoms with Crippen LogP contribution in [-0.2, 0) is 5.79 Å². The summed E-state index contributed by atoms with van der Waals surface area (Å²) in [6, 6.07) is 8.69. The standard InChI is InChI=1S/C30H22O14/c31-10-6-13(33)19-17(7-10)43-30(9-4-15(35)24(38)16(36)5-9)29(41)22(19)21-18(44-30)8-14(34)20-25(39)26(40)27(42-28(20)21)11-2-1-3-12(32)23(11)37/h1-8,22,26-27,29,31-38,40-41H. The van der Waals surface area contributed by atoms with Crippen molar-refractivity contribution in [2.75, 3.05) is 0 Å². The Balaban J connectivity index is 1.52. The number of aliphatic hydroxyl groups is 2.